The SMILES string of the molecule is ClC(Cl)Cl.O=NO. The minimum Gasteiger partial charge on any atom is -0.379 e. The molecule has 0 saturated carbocycles. The van der Waals surface area contributed by atoms with Gasteiger partial charge < -0.3 is 5.21 Å². The number of hydrogen-bond donors (Lipinski definition) is 1. The van der Waals surface area contributed by atoms with Crippen LogP contribution in [0.4, 0.5) is 0 Å². The molecule has 0 bridgehead atoms. The minimum atomic E-state index is -0.750. The summed E-state index contributed by atoms with van der Waals surface area (Å²) in [6.45, 7) is 0. The number of halogens is 3. The topological polar surface area (TPSA) is 49.7 Å². The van der Waals surface area contributed by atoms with Crippen LogP contribution in [0.15, 0.2) is 5.34 Å². The second-order valence-electron chi connectivity index (χ2n) is 0.329. The molecule has 0 saturated heterocycles. The van der Waals surface area contributed by atoms with Crippen molar-refractivity contribution in [1.82, 2.24) is 0 Å². The van der Waals surface area contributed by atoms with Gasteiger partial charge in [0.15, 0.2) is 9.64 Å². The van der Waals surface area contributed by atoms with Gasteiger partial charge in [-0.2, -0.15) is 0 Å². The zero-order valence-corrected chi connectivity index (χ0v) is 5.28. The Hall–Kier alpha value is 0.270. The van der Waals surface area contributed by atoms with E-state index in [-0.39, 0.29) is 0 Å². The van der Waals surface area contributed by atoms with E-state index in [1.165, 1.54) is 5.34 Å². The fourth-order valence-electron chi connectivity index (χ4n) is 0. The lowest BCUT2D eigenvalue weighted by Crippen LogP contribution is -1.55. The van der Waals surface area contributed by atoms with E-state index in [9.17, 15) is 0 Å². The van der Waals surface area contributed by atoms with E-state index in [4.69, 9.17) is 44.9 Å². The fourth-order valence-corrected chi connectivity index (χ4v) is 0. The van der Waals surface area contributed by atoms with E-state index in [2.05, 4.69) is 0 Å². The van der Waals surface area contributed by atoms with E-state index in [0.717, 1.165) is 0 Å². The normalized spacial score (nSPS) is 6.86. The lowest BCUT2D eigenvalue weighted by Gasteiger charge is -1.69. The zero-order chi connectivity index (χ0) is 6.28. The van der Waals surface area contributed by atoms with Crippen LogP contribution in [0.25, 0.3) is 0 Å². The summed E-state index contributed by atoms with van der Waals surface area (Å²) in [4.78, 5) is 8.11. The van der Waals surface area contributed by atoms with Crippen molar-refractivity contribution in [2.24, 2.45) is 5.34 Å². The van der Waals surface area contributed by atoms with Gasteiger partial charge in [0.25, 0.3) is 0 Å². The molecule has 0 aromatic rings. The predicted molar refractivity (Wildman–Crippen MR) is 28.9 cm³/mol. The molecule has 0 spiro atoms. The highest BCUT2D eigenvalue weighted by molar-refractivity contribution is 6.63. The maximum Gasteiger partial charge on any atom is 0.180 e. The van der Waals surface area contributed by atoms with Crippen molar-refractivity contribution in [2.45, 2.75) is 4.30 Å². The molecule has 3 nitrogen and oxygen atoms in total. The van der Waals surface area contributed by atoms with Gasteiger partial charge in [-0.05, 0) is 0 Å². The zero-order valence-electron chi connectivity index (χ0n) is 3.01. The van der Waals surface area contributed by atoms with Gasteiger partial charge in [-0.3, -0.25) is 0 Å². The summed E-state index contributed by atoms with van der Waals surface area (Å²) >= 11 is 14.4. The van der Waals surface area contributed by atoms with Crippen molar-refractivity contribution in [1.29, 1.82) is 0 Å². The number of alkyl halides is 3. The average molecular weight is 166 g/mol. The molecular formula is CH2Cl3NO2. The van der Waals surface area contributed by atoms with Crippen molar-refractivity contribution in [3.05, 3.63) is 4.91 Å². The van der Waals surface area contributed by atoms with Crippen molar-refractivity contribution in [3.8, 4) is 0 Å². The van der Waals surface area contributed by atoms with Gasteiger partial charge in [-0.15, -0.1) is 4.91 Å². The standard InChI is InChI=1S/CHCl3.HNO2/c2-1(3)4;2-1-3/h1H;(H,2,3). The second-order valence-corrected chi connectivity index (χ2v) is 2.31. The Bertz CT molecular complexity index is 37.2. The maximum absolute atomic E-state index is 8.11. The Morgan fingerprint density at radius 1 is 1.43 bits per heavy atom. The van der Waals surface area contributed by atoms with Crippen molar-refractivity contribution in [3.63, 3.8) is 0 Å². The minimum absolute atomic E-state index is 0.750. The van der Waals surface area contributed by atoms with E-state index in [0.29, 0.717) is 0 Å². The summed E-state index contributed by atoms with van der Waals surface area (Å²) in [5.41, 5.74) is 0. The third-order valence-electron chi connectivity index (χ3n) is 0. The van der Waals surface area contributed by atoms with Crippen LogP contribution in [-0.4, -0.2) is 9.50 Å². The number of hydrogen-bond acceptors (Lipinski definition) is 2. The highest BCUT2D eigenvalue weighted by atomic mass is 35.6. The lowest BCUT2D eigenvalue weighted by molar-refractivity contribution is 0.312. The van der Waals surface area contributed by atoms with Gasteiger partial charge >= 0.3 is 0 Å². The lowest BCUT2D eigenvalue weighted by atomic mass is 11.9. The molecule has 0 radical (unpaired) electrons. The Kier molecular flexibility index (Phi) is 14.0. The molecule has 0 aliphatic heterocycles. The van der Waals surface area contributed by atoms with E-state index < -0.39 is 4.30 Å². The fraction of sp³-hybridized carbons (Fsp3) is 1.00. The third kappa shape index (κ3) is 1570. The summed E-state index contributed by atoms with van der Waals surface area (Å²) in [5, 5.41) is 7.89. The molecule has 0 rings (SSSR count). The van der Waals surface area contributed by atoms with Gasteiger partial charge in [0.2, 0.25) is 0 Å². The first-order valence-corrected chi connectivity index (χ1v) is 2.35. The molecule has 0 aromatic carbocycles. The van der Waals surface area contributed by atoms with Crippen LogP contribution < -0.4 is 0 Å². The van der Waals surface area contributed by atoms with Crippen LogP contribution in [-0.2, 0) is 0 Å². The third-order valence-corrected chi connectivity index (χ3v) is 0. The van der Waals surface area contributed by atoms with E-state index >= 15 is 0 Å². The molecule has 1 N–H and O–H groups in total. The molecule has 0 fully saturated rings. The molecule has 0 amide bonds. The molecular weight excluding hydrogens is 164 g/mol. The van der Waals surface area contributed by atoms with Crippen molar-refractivity contribution in [2.75, 3.05) is 0 Å². The van der Waals surface area contributed by atoms with Gasteiger partial charge in [0.05, 0.1) is 0 Å². The average Bonchev–Trinajstić information content (AvgIpc) is 1.33. The summed E-state index contributed by atoms with van der Waals surface area (Å²) in [6.07, 6.45) is 0. The molecule has 0 atom stereocenters. The number of nitrogens with zero attached hydrogens (tertiary/aromatic N) is 1. The summed E-state index contributed by atoms with van der Waals surface area (Å²) in [7, 11) is 0. The van der Waals surface area contributed by atoms with Gasteiger partial charge in [-0.1, -0.05) is 34.8 Å². The molecule has 7 heavy (non-hydrogen) atoms. The van der Waals surface area contributed by atoms with Gasteiger partial charge in [-0.25, -0.2) is 0 Å². The van der Waals surface area contributed by atoms with Gasteiger partial charge in [0.1, 0.15) is 0 Å². The molecule has 6 heteroatoms. The van der Waals surface area contributed by atoms with Crippen LogP contribution >= 0.6 is 34.8 Å². The van der Waals surface area contributed by atoms with Crippen LogP contribution in [0.5, 0.6) is 0 Å². The molecule has 44 valence electrons. The maximum atomic E-state index is 8.11. The van der Waals surface area contributed by atoms with Crippen molar-refractivity contribution >= 4 is 34.8 Å². The first-order valence-electron chi connectivity index (χ1n) is 1.04. The van der Waals surface area contributed by atoms with E-state index in [1.807, 2.05) is 0 Å². The van der Waals surface area contributed by atoms with Gasteiger partial charge in [0, 0.05) is 0 Å². The molecule has 0 aliphatic rings. The first-order chi connectivity index (χ1) is 3.15. The summed E-state index contributed by atoms with van der Waals surface area (Å²) < 4.78 is -0.750. The summed E-state index contributed by atoms with van der Waals surface area (Å²) in [5.74, 6) is 0. The predicted octanol–water partition coefficient (Wildman–Crippen LogP) is 2.13. The summed E-state index contributed by atoms with van der Waals surface area (Å²) in [6, 6.07) is 0. The van der Waals surface area contributed by atoms with Crippen LogP contribution in [0, 0.1) is 4.91 Å². The van der Waals surface area contributed by atoms with Crippen molar-refractivity contribution < 1.29 is 5.21 Å². The molecule has 0 aromatic heterocycles. The van der Waals surface area contributed by atoms with E-state index in [1.54, 1.807) is 0 Å². The highest BCUT2D eigenvalue weighted by Gasteiger charge is 1.78. The quantitative estimate of drug-likeness (QED) is 0.340. The van der Waals surface area contributed by atoms with Crippen LogP contribution in [0.1, 0.15) is 0 Å². The largest absolute Gasteiger partial charge is 0.379 e. The second kappa shape index (κ2) is 9.55. The van der Waals surface area contributed by atoms with Crippen LogP contribution in [0.3, 0.4) is 0 Å². The van der Waals surface area contributed by atoms with Crippen LogP contribution in [0.2, 0.25) is 0 Å². The Balaban J connectivity index is 0. The Labute approximate surface area is 55.1 Å². The molecule has 0 aliphatic carbocycles. The Morgan fingerprint density at radius 2 is 1.43 bits per heavy atom. The molecule has 0 heterocycles. The Morgan fingerprint density at radius 3 is 1.43 bits per heavy atom. The molecule has 0 unspecified atom stereocenters. The highest BCUT2D eigenvalue weighted by Crippen LogP contribution is 2.03. The smallest absolute Gasteiger partial charge is 0.180 e. The monoisotopic (exact) mass is 165 g/mol. The number of rotatable bonds is 0. The first kappa shape index (κ1) is 10.3.